The van der Waals surface area contributed by atoms with Crippen molar-refractivity contribution >= 4 is 15.9 Å². The maximum absolute atomic E-state index is 9.19. The second kappa shape index (κ2) is 4.65. The highest BCUT2D eigenvalue weighted by Crippen LogP contribution is 2.16. The van der Waals surface area contributed by atoms with E-state index in [1.54, 1.807) is 24.3 Å². The molecule has 0 fully saturated rings. The number of phenols is 1. The lowest BCUT2D eigenvalue weighted by Crippen LogP contribution is -2.21. The minimum Gasteiger partial charge on any atom is -0.506 e. The van der Waals surface area contributed by atoms with Gasteiger partial charge in [-0.25, -0.2) is 10.3 Å². The van der Waals surface area contributed by atoms with Gasteiger partial charge in [-0.2, -0.15) is 8.42 Å². The second-order valence-electron chi connectivity index (χ2n) is 2.15. The lowest BCUT2D eigenvalue weighted by molar-refractivity contribution is 0.478. The van der Waals surface area contributed by atoms with Crippen molar-refractivity contribution in [3.63, 3.8) is 0 Å². The highest BCUT2D eigenvalue weighted by molar-refractivity contribution is 7.86. The Morgan fingerprint density at radius 1 is 1.15 bits per heavy atom. The molecule has 0 radical (unpaired) electrons. The summed E-state index contributed by atoms with van der Waals surface area (Å²) < 4.78 is 18.4. The van der Waals surface area contributed by atoms with E-state index in [1.165, 1.54) is 0 Å². The number of anilines is 1. The van der Waals surface area contributed by atoms with Crippen LogP contribution >= 0.6 is 0 Å². The summed E-state index contributed by atoms with van der Waals surface area (Å²) in [6.45, 7) is 0. The average molecular weight is 205 g/mol. The molecular weight excluding hydrogens is 194 g/mol. The van der Waals surface area contributed by atoms with Gasteiger partial charge in [0, 0.05) is 0 Å². The van der Waals surface area contributed by atoms with Crippen LogP contribution in [-0.4, -0.2) is 13.5 Å². The van der Waals surface area contributed by atoms with E-state index in [0.29, 0.717) is 5.69 Å². The van der Waals surface area contributed by atoms with E-state index in [0.717, 1.165) is 0 Å². The molecule has 0 unspecified atom stereocenters. The maximum atomic E-state index is 9.19. The van der Waals surface area contributed by atoms with Crippen LogP contribution in [-0.2, 0) is 10.2 Å². The Morgan fingerprint density at radius 3 is 1.77 bits per heavy atom. The Balaban J connectivity index is 0.000000252. The first-order valence-corrected chi connectivity index (χ1v) is 4.75. The van der Waals surface area contributed by atoms with Gasteiger partial charge in [-0.15, -0.1) is 0 Å². The van der Waals surface area contributed by atoms with Gasteiger partial charge in [0.05, 0.1) is 5.69 Å². The first kappa shape index (κ1) is 11.7. The number of aromatic hydroxyl groups is 1. The van der Waals surface area contributed by atoms with Crippen molar-refractivity contribution in [2.75, 3.05) is 5.73 Å². The third kappa shape index (κ3) is 8.60. The zero-order valence-electron chi connectivity index (χ0n) is 6.71. The second-order valence-corrected chi connectivity index (χ2v) is 3.33. The molecule has 0 aliphatic carbocycles. The van der Waals surface area contributed by atoms with E-state index in [9.17, 15) is 8.42 Å². The summed E-state index contributed by atoms with van der Waals surface area (Å²) in [6.07, 6.45) is 0. The normalized spacial score (nSPS) is 10.0. The fourth-order valence-corrected chi connectivity index (χ4v) is 0.488. The van der Waals surface area contributed by atoms with Crippen LogP contribution in [0.1, 0.15) is 0 Å². The number of rotatable bonds is 0. The SMILES string of the molecule is NS(N)(=O)=O.Nc1ccccc1O. The van der Waals surface area contributed by atoms with Gasteiger partial charge in [-0.1, -0.05) is 12.1 Å². The quantitative estimate of drug-likeness (QED) is 0.323. The van der Waals surface area contributed by atoms with Crippen LogP contribution in [0.15, 0.2) is 24.3 Å². The monoisotopic (exact) mass is 205 g/mol. The Morgan fingerprint density at radius 2 is 1.54 bits per heavy atom. The Kier molecular flexibility index (Phi) is 4.18. The van der Waals surface area contributed by atoms with Crippen molar-refractivity contribution in [1.29, 1.82) is 0 Å². The van der Waals surface area contributed by atoms with Gasteiger partial charge in [0.25, 0.3) is 10.2 Å². The van der Waals surface area contributed by atoms with Crippen LogP contribution in [0.25, 0.3) is 0 Å². The van der Waals surface area contributed by atoms with E-state index >= 15 is 0 Å². The van der Waals surface area contributed by atoms with Crippen molar-refractivity contribution in [3.05, 3.63) is 24.3 Å². The van der Waals surface area contributed by atoms with E-state index in [2.05, 4.69) is 10.3 Å². The minimum atomic E-state index is -3.67. The summed E-state index contributed by atoms with van der Waals surface area (Å²) in [7, 11) is -3.67. The number of nitrogens with two attached hydrogens (primary N) is 3. The zero-order valence-corrected chi connectivity index (χ0v) is 7.53. The number of benzene rings is 1. The van der Waals surface area contributed by atoms with Crippen LogP contribution in [0.2, 0.25) is 0 Å². The Bertz CT molecular complexity index is 334. The van der Waals surface area contributed by atoms with E-state index in [1.807, 2.05) is 0 Å². The molecule has 1 aromatic carbocycles. The average Bonchev–Trinajstić information content (AvgIpc) is 1.92. The highest BCUT2D eigenvalue weighted by Gasteiger charge is 1.87. The van der Waals surface area contributed by atoms with Gasteiger partial charge in [-0.3, -0.25) is 0 Å². The van der Waals surface area contributed by atoms with E-state index in [-0.39, 0.29) is 5.75 Å². The lowest BCUT2D eigenvalue weighted by Gasteiger charge is -1.92. The Hall–Kier alpha value is -1.31. The van der Waals surface area contributed by atoms with Gasteiger partial charge in [0.15, 0.2) is 0 Å². The van der Waals surface area contributed by atoms with Crippen LogP contribution < -0.4 is 16.0 Å². The number of para-hydroxylation sites is 2. The molecule has 6 nitrogen and oxygen atoms in total. The molecule has 0 heterocycles. The third-order valence-corrected chi connectivity index (χ3v) is 0.937. The van der Waals surface area contributed by atoms with E-state index in [4.69, 9.17) is 10.8 Å². The molecule has 7 N–H and O–H groups in total. The van der Waals surface area contributed by atoms with Crippen molar-refractivity contribution < 1.29 is 13.5 Å². The molecule has 74 valence electrons. The molecule has 0 bridgehead atoms. The minimum absolute atomic E-state index is 0.146. The fourth-order valence-electron chi connectivity index (χ4n) is 0.488. The van der Waals surface area contributed by atoms with Crippen molar-refractivity contribution in [2.45, 2.75) is 0 Å². The molecule has 0 spiro atoms. The molecule has 0 aliphatic rings. The molecule has 0 aliphatic heterocycles. The molecule has 0 amide bonds. The largest absolute Gasteiger partial charge is 0.506 e. The number of phenolic OH excluding ortho intramolecular Hbond substituents is 1. The van der Waals surface area contributed by atoms with Gasteiger partial charge in [-0.05, 0) is 12.1 Å². The number of nitrogen functional groups attached to an aromatic ring is 1. The fraction of sp³-hybridized carbons (Fsp3) is 0. The summed E-state index contributed by atoms with van der Waals surface area (Å²) in [6, 6.07) is 6.70. The summed E-state index contributed by atoms with van der Waals surface area (Å²) in [4.78, 5) is 0. The smallest absolute Gasteiger partial charge is 0.271 e. The maximum Gasteiger partial charge on any atom is 0.271 e. The first-order chi connectivity index (χ1) is 5.80. The molecule has 1 aromatic rings. The molecular formula is C6H11N3O3S. The predicted molar refractivity (Wildman–Crippen MR) is 49.8 cm³/mol. The lowest BCUT2D eigenvalue weighted by atomic mass is 10.3. The summed E-state index contributed by atoms with van der Waals surface area (Å²) >= 11 is 0. The van der Waals surface area contributed by atoms with Crippen molar-refractivity contribution in [3.8, 4) is 5.75 Å². The first-order valence-electron chi connectivity index (χ1n) is 3.14. The van der Waals surface area contributed by atoms with Crippen LogP contribution in [0.4, 0.5) is 5.69 Å². The van der Waals surface area contributed by atoms with Crippen LogP contribution in [0.5, 0.6) is 5.75 Å². The summed E-state index contributed by atoms with van der Waals surface area (Å²) in [5.41, 5.74) is 5.69. The molecule has 7 heteroatoms. The van der Waals surface area contributed by atoms with Crippen molar-refractivity contribution in [2.24, 2.45) is 10.3 Å². The molecule has 0 saturated carbocycles. The summed E-state index contributed by atoms with van der Waals surface area (Å²) in [5, 5.41) is 17.0. The Labute approximate surface area is 76.1 Å². The standard InChI is InChI=1S/C6H7NO.H4N2O2S/c7-5-3-1-2-4-6(5)8;1-5(2,3)4/h1-4,8H,7H2;(H4,1,2,3,4). The zero-order chi connectivity index (χ0) is 10.5. The van der Waals surface area contributed by atoms with Gasteiger partial charge >= 0.3 is 0 Å². The number of hydrogen-bond donors (Lipinski definition) is 4. The molecule has 0 aromatic heterocycles. The molecule has 0 atom stereocenters. The van der Waals surface area contributed by atoms with Crippen LogP contribution in [0, 0.1) is 0 Å². The summed E-state index contributed by atoms with van der Waals surface area (Å²) in [5.74, 6) is 0.146. The van der Waals surface area contributed by atoms with Crippen molar-refractivity contribution in [1.82, 2.24) is 0 Å². The molecule has 1 rings (SSSR count). The predicted octanol–water partition coefficient (Wildman–Crippen LogP) is -0.877. The topological polar surface area (TPSA) is 132 Å². The third-order valence-electron chi connectivity index (χ3n) is 0.937. The highest BCUT2D eigenvalue weighted by atomic mass is 32.2. The van der Waals surface area contributed by atoms with Gasteiger partial charge in [0.2, 0.25) is 0 Å². The van der Waals surface area contributed by atoms with Gasteiger partial charge in [0.1, 0.15) is 5.75 Å². The van der Waals surface area contributed by atoms with Crippen LogP contribution in [0.3, 0.4) is 0 Å². The molecule has 0 saturated heterocycles. The number of hydrogen-bond acceptors (Lipinski definition) is 4. The van der Waals surface area contributed by atoms with E-state index < -0.39 is 10.2 Å². The van der Waals surface area contributed by atoms with Gasteiger partial charge < -0.3 is 10.8 Å². The molecule has 13 heavy (non-hydrogen) atoms.